The number of nitrogens with zero attached hydrogens (tertiary/aromatic N) is 6. The van der Waals surface area contributed by atoms with Crippen LogP contribution in [0.1, 0.15) is 22.1 Å². The number of hydrogen-bond donors (Lipinski definition) is 2. The van der Waals surface area contributed by atoms with Crippen LogP contribution in [0.3, 0.4) is 0 Å². The molecule has 4 N–H and O–H groups in total. The Morgan fingerprint density at radius 1 is 1.31 bits per heavy atom. The summed E-state index contributed by atoms with van der Waals surface area (Å²) >= 11 is 0. The Kier molecular flexibility index (Phi) is 3.34. The van der Waals surface area contributed by atoms with Crippen LogP contribution in [-0.4, -0.2) is 45.0 Å². The van der Waals surface area contributed by atoms with Crippen molar-refractivity contribution in [3.8, 4) is 11.5 Å². The van der Waals surface area contributed by atoms with Crippen molar-refractivity contribution in [2.45, 2.75) is 13.4 Å². The molecule has 0 saturated carbocycles. The summed E-state index contributed by atoms with van der Waals surface area (Å²) < 4.78 is 86.3. The maximum Gasteiger partial charge on any atom is 0.413 e. The lowest BCUT2D eigenvalue weighted by molar-refractivity contribution is 0.180. The Bertz CT molecular complexity index is 1680. The monoisotopic (exact) mass is 444 g/mol. The molecule has 0 bridgehead atoms. The molecule has 3 aromatic heterocycles. The highest BCUT2D eigenvalue weighted by molar-refractivity contribution is 5.96. The first-order valence-corrected chi connectivity index (χ1v) is 8.94. The summed E-state index contributed by atoms with van der Waals surface area (Å²) in [4.78, 5) is 25.0. The van der Waals surface area contributed by atoms with Crippen molar-refractivity contribution in [3.05, 3.63) is 53.3 Å². The van der Waals surface area contributed by atoms with E-state index < -0.39 is 66.0 Å². The second-order valence-electron chi connectivity index (χ2n) is 6.43. The number of nitrogens with two attached hydrogens (primary N) is 2. The summed E-state index contributed by atoms with van der Waals surface area (Å²) in [6.07, 6.45) is -1.56. The Labute approximate surface area is 193 Å². The van der Waals surface area contributed by atoms with E-state index in [2.05, 4.69) is 24.8 Å². The summed E-state index contributed by atoms with van der Waals surface area (Å²) in [5, 5.41) is 3.80. The lowest BCUT2D eigenvalue weighted by atomic mass is 10.1. The second-order valence-corrected chi connectivity index (χ2v) is 6.43. The van der Waals surface area contributed by atoms with Gasteiger partial charge in [-0.1, -0.05) is 17.6 Å². The number of carbonyl (C=O) groups is 1. The highest BCUT2D eigenvalue weighted by atomic mass is 19.1. The van der Waals surface area contributed by atoms with E-state index in [0.717, 1.165) is 12.0 Å². The largest absolute Gasteiger partial charge is 0.452 e. The molecule has 3 heterocycles. The van der Waals surface area contributed by atoms with Crippen LogP contribution >= 0.6 is 0 Å². The molecule has 0 saturated heterocycles. The van der Waals surface area contributed by atoms with Crippen molar-refractivity contribution >= 4 is 34.4 Å². The molecule has 0 atom stereocenters. The quantitative estimate of drug-likeness (QED) is 0.490. The molecule has 1 amide bonds. The van der Waals surface area contributed by atoms with Gasteiger partial charge in [-0.2, -0.15) is 5.10 Å². The number of rotatable bonds is 4. The molecule has 1 aromatic carbocycles. The maximum atomic E-state index is 15.2. The Morgan fingerprint density at radius 2 is 2.03 bits per heavy atom. The van der Waals surface area contributed by atoms with Gasteiger partial charge in [0, 0.05) is 18.8 Å². The van der Waals surface area contributed by atoms with Gasteiger partial charge in [-0.3, -0.25) is 4.90 Å². The maximum absolute atomic E-state index is 15.2. The van der Waals surface area contributed by atoms with E-state index in [1.807, 2.05) is 0 Å². The van der Waals surface area contributed by atoms with Crippen LogP contribution in [0.4, 0.5) is 26.5 Å². The number of ether oxygens (including phenoxy) is 1. The fourth-order valence-electron chi connectivity index (χ4n) is 2.87. The number of amides is 1. The second kappa shape index (κ2) is 8.10. The van der Waals surface area contributed by atoms with Gasteiger partial charge < -0.3 is 16.2 Å². The SMILES string of the molecule is [2H]c1nc2c(c(-c3nc(N)c(N(C)C(=O)OC)c(N)n3)nn2C([2H])([2H])c2c([2H])c(C)c([2H])c([2H])c2F)c([2H])c1[2H]. The molecular formula is C21H21FN8O2. The molecular weight excluding hydrogens is 415 g/mol. The Morgan fingerprint density at radius 3 is 2.72 bits per heavy atom. The molecule has 0 fully saturated rings. The molecule has 164 valence electrons. The van der Waals surface area contributed by atoms with Crippen LogP contribution in [0.5, 0.6) is 0 Å². The average Bonchev–Trinajstić information content (AvgIpc) is 3.28. The average molecular weight is 444 g/mol. The van der Waals surface area contributed by atoms with Crippen molar-refractivity contribution in [2.24, 2.45) is 0 Å². The lowest BCUT2D eigenvalue weighted by Crippen LogP contribution is -2.28. The van der Waals surface area contributed by atoms with Crippen molar-refractivity contribution in [1.29, 1.82) is 0 Å². The number of pyridine rings is 1. The van der Waals surface area contributed by atoms with E-state index in [-0.39, 0.29) is 39.8 Å². The highest BCUT2D eigenvalue weighted by Crippen LogP contribution is 2.32. The van der Waals surface area contributed by atoms with Crippen LogP contribution in [0, 0.1) is 12.7 Å². The van der Waals surface area contributed by atoms with E-state index in [1.165, 1.54) is 14.0 Å². The van der Waals surface area contributed by atoms with Crippen LogP contribution in [0.15, 0.2) is 36.4 Å². The molecule has 0 spiro atoms. The molecule has 32 heavy (non-hydrogen) atoms. The number of hydrogen-bond acceptors (Lipinski definition) is 8. The minimum atomic E-state index is -3.07. The van der Waals surface area contributed by atoms with E-state index >= 15 is 4.39 Å². The first kappa shape index (κ1) is 13.2. The van der Waals surface area contributed by atoms with Gasteiger partial charge in [-0.15, -0.1) is 0 Å². The van der Waals surface area contributed by atoms with E-state index in [0.29, 0.717) is 4.68 Å². The number of halogens is 1. The first-order chi connectivity index (χ1) is 18.6. The predicted octanol–water partition coefficient (Wildman–Crippen LogP) is 2.75. The topological polar surface area (TPSA) is 138 Å². The zero-order chi connectivity index (χ0) is 30.0. The molecule has 0 radical (unpaired) electrons. The van der Waals surface area contributed by atoms with Gasteiger partial charge in [0.2, 0.25) is 0 Å². The number of aromatic nitrogens is 5. The summed E-state index contributed by atoms with van der Waals surface area (Å²) in [7, 11) is 2.42. The minimum Gasteiger partial charge on any atom is -0.452 e. The third-order valence-electron chi connectivity index (χ3n) is 4.31. The van der Waals surface area contributed by atoms with Crippen LogP contribution in [0.25, 0.3) is 22.6 Å². The van der Waals surface area contributed by atoms with Gasteiger partial charge >= 0.3 is 6.09 Å². The molecule has 10 nitrogen and oxygen atoms in total. The molecule has 0 unspecified atom stereocenters. The normalized spacial score (nSPS) is 15.0. The summed E-state index contributed by atoms with van der Waals surface area (Å²) in [6, 6.07) is -3.51. The molecule has 0 aliphatic heterocycles. The molecule has 0 aliphatic carbocycles. The minimum absolute atomic E-state index is 0.122. The predicted molar refractivity (Wildman–Crippen MR) is 118 cm³/mol. The van der Waals surface area contributed by atoms with Crippen molar-refractivity contribution in [3.63, 3.8) is 0 Å². The fraction of sp³-hybridized carbons (Fsp3) is 0.190. The van der Waals surface area contributed by atoms with Gasteiger partial charge in [0.15, 0.2) is 23.1 Å². The molecule has 11 heteroatoms. The molecule has 4 aromatic rings. The number of anilines is 3. The van der Waals surface area contributed by atoms with E-state index in [9.17, 15) is 4.79 Å². The Balaban J connectivity index is 2.08. The van der Waals surface area contributed by atoms with E-state index in [1.54, 1.807) is 0 Å². The fourth-order valence-corrected chi connectivity index (χ4v) is 2.87. The summed E-state index contributed by atoms with van der Waals surface area (Å²) in [5.74, 6) is -2.52. The van der Waals surface area contributed by atoms with Gasteiger partial charge in [-0.25, -0.2) is 28.8 Å². The summed E-state index contributed by atoms with van der Waals surface area (Å²) in [6.45, 7) is -1.81. The molecule has 0 aliphatic rings. The van der Waals surface area contributed by atoms with Gasteiger partial charge in [-0.05, 0) is 25.1 Å². The van der Waals surface area contributed by atoms with E-state index in [4.69, 9.17) is 22.4 Å². The van der Waals surface area contributed by atoms with Crippen molar-refractivity contribution in [2.75, 3.05) is 30.5 Å². The van der Waals surface area contributed by atoms with Crippen molar-refractivity contribution in [1.82, 2.24) is 24.7 Å². The third kappa shape index (κ3) is 3.64. The van der Waals surface area contributed by atoms with Crippen LogP contribution < -0.4 is 16.4 Å². The van der Waals surface area contributed by atoms with Crippen LogP contribution in [0.2, 0.25) is 0 Å². The number of methoxy groups -OCH3 is 1. The van der Waals surface area contributed by atoms with Gasteiger partial charge in [0.1, 0.15) is 17.2 Å². The van der Waals surface area contributed by atoms with Gasteiger partial charge in [0.05, 0.1) is 30.0 Å². The zero-order valence-electron chi connectivity index (χ0n) is 25.0. The standard InChI is InChI=1S/C21H21FN8O2/c1-11-6-7-14(22)12(9-11)10-30-20-13(5-4-8-25-20)15(28-30)19-26-17(23)16(18(24)27-19)29(2)21(31)32-3/h4-9H,10H2,1-3H3,(H4,23,24,26,27)/i4D,5D,6D,7D,8D,9D,10D2. The number of benzene rings is 1. The number of nitrogen functional groups attached to an aromatic ring is 2. The lowest BCUT2D eigenvalue weighted by Gasteiger charge is -2.18. The van der Waals surface area contributed by atoms with Crippen LogP contribution in [-0.2, 0) is 11.2 Å². The Hall–Kier alpha value is -4.28. The number of carbonyl (C=O) groups excluding carboxylic acids is 1. The third-order valence-corrected chi connectivity index (χ3v) is 4.31. The smallest absolute Gasteiger partial charge is 0.413 e. The molecule has 4 rings (SSSR count). The van der Waals surface area contributed by atoms with Crippen molar-refractivity contribution < 1.29 is 24.9 Å². The summed E-state index contributed by atoms with van der Waals surface area (Å²) in [5.41, 5.74) is 9.96. The van der Waals surface area contributed by atoms with Gasteiger partial charge in [0.25, 0.3) is 0 Å². The highest BCUT2D eigenvalue weighted by Gasteiger charge is 2.23. The zero-order valence-corrected chi connectivity index (χ0v) is 17.0. The number of fused-ring (bicyclic) bond motifs is 1. The first-order valence-electron chi connectivity index (χ1n) is 12.9.